The minimum absolute atomic E-state index is 0.0524. The van der Waals surface area contributed by atoms with Gasteiger partial charge >= 0.3 is 0 Å². The fourth-order valence-electron chi connectivity index (χ4n) is 1.60. The van der Waals surface area contributed by atoms with Gasteiger partial charge in [-0.1, -0.05) is 36.4 Å². The molecule has 0 unspecified atom stereocenters. The van der Waals surface area contributed by atoms with E-state index in [2.05, 4.69) is 10.6 Å². The molecule has 0 aromatic heterocycles. The van der Waals surface area contributed by atoms with Gasteiger partial charge in [0.05, 0.1) is 12.6 Å². The highest BCUT2D eigenvalue weighted by Crippen LogP contribution is 2.39. The van der Waals surface area contributed by atoms with Gasteiger partial charge < -0.3 is 15.5 Å². The number of nitrogens with one attached hydrogen (secondary N) is 2. The summed E-state index contributed by atoms with van der Waals surface area (Å²) in [6.45, 7) is 0. The Morgan fingerprint density at radius 2 is 1.16 bits per heavy atom. The van der Waals surface area contributed by atoms with Crippen molar-refractivity contribution in [1.82, 2.24) is 0 Å². The second kappa shape index (κ2) is 6.41. The Balaban J connectivity index is 1.84. The van der Waals surface area contributed by atoms with E-state index >= 15 is 0 Å². The van der Waals surface area contributed by atoms with Crippen LogP contribution in [0.25, 0.3) is 0 Å². The molecule has 2 rings (SSSR count). The first-order valence-corrected chi connectivity index (χ1v) is 8.07. The summed E-state index contributed by atoms with van der Waals surface area (Å²) in [5, 5.41) is 5.94. The molecule has 0 amide bonds. The molecule has 0 heterocycles. The molecule has 0 atom stereocenters. The lowest BCUT2D eigenvalue weighted by atomic mass is 10.3. The zero-order valence-corrected chi connectivity index (χ0v) is 11.4. The molecule has 19 heavy (non-hydrogen) atoms. The van der Waals surface area contributed by atoms with Gasteiger partial charge in [0.15, 0.2) is 0 Å². The van der Waals surface area contributed by atoms with E-state index in [1.807, 2.05) is 60.7 Å². The van der Waals surface area contributed by atoms with Crippen molar-refractivity contribution in [1.29, 1.82) is 0 Å². The zero-order valence-electron chi connectivity index (χ0n) is 10.5. The van der Waals surface area contributed by atoms with E-state index in [1.165, 1.54) is 0 Å². The Bertz CT molecular complexity index is 498. The summed E-state index contributed by atoms with van der Waals surface area (Å²) < 4.78 is 12.0. The molecule has 0 saturated carbocycles. The fourth-order valence-corrected chi connectivity index (χ4v) is 2.57. The van der Waals surface area contributed by atoms with Crippen LogP contribution in [0.4, 0.5) is 11.4 Å². The third kappa shape index (κ3) is 4.78. The summed E-state index contributed by atoms with van der Waals surface area (Å²) in [7, 11) is -3.25. The van der Waals surface area contributed by atoms with Gasteiger partial charge in [0.25, 0.3) is 0 Å². The number of rotatable bonds is 6. The topological polar surface area (TPSA) is 61.4 Å². The second-order valence-electron chi connectivity index (χ2n) is 4.25. The predicted molar refractivity (Wildman–Crippen MR) is 79.7 cm³/mol. The predicted octanol–water partition coefficient (Wildman–Crippen LogP) is 3.40. The summed E-state index contributed by atoms with van der Waals surface area (Å²) in [6, 6.07) is 18.8. The minimum atomic E-state index is -3.25. The highest BCUT2D eigenvalue weighted by Gasteiger charge is 2.17. The molecule has 3 N–H and O–H groups in total. The van der Waals surface area contributed by atoms with Crippen LogP contribution in [-0.2, 0) is 4.57 Å². The Kier molecular flexibility index (Phi) is 4.61. The van der Waals surface area contributed by atoms with Crippen LogP contribution in [0.2, 0.25) is 0 Å². The molecular formula is C14H17N2O2P. The highest BCUT2D eigenvalue weighted by atomic mass is 31.2. The van der Waals surface area contributed by atoms with Crippen LogP contribution in [-0.4, -0.2) is 17.5 Å². The molecule has 0 aliphatic rings. The first kappa shape index (κ1) is 13.7. The molecular weight excluding hydrogens is 259 g/mol. The number of hydrogen-bond acceptors (Lipinski definition) is 3. The average Bonchev–Trinajstić information content (AvgIpc) is 2.46. The summed E-state index contributed by atoms with van der Waals surface area (Å²) in [6.07, 6.45) is 0.105. The van der Waals surface area contributed by atoms with Crippen molar-refractivity contribution in [2.24, 2.45) is 0 Å². The maximum absolute atomic E-state index is 12.0. The van der Waals surface area contributed by atoms with Crippen LogP contribution in [0.15, 0.2) is 60.7 Å². The number of anilines is 2. The average molecular weight is 276 g/mol. The highest BCUT2D eigenvalue weighted by molar-refractivity contribution is 7.58. The van der Waals surface area contributed by atoms with Crippen molar-refractivity contribution in [2.45, 2.75) is 0 Å². The second-order valence-corrected chi connectivity index (χ2v) is 6.57. The Morgan fingerprint density at radius 3 is 1.53 bits per heavy atom. The lowest BCUT2D eigenvalue weighted by Gasteiger charge is -2.15. The summed E-state index contributed by atoms with van der Waals surface area (Å²) in [4.78, 5) is 9.87. The number of para-hydroxylation sites is 2. The fraction of sp³-hybridized carbons (Fsp3) is 0.143. The summed E-state index contributed by atoms with van der Waals surface area (Å²) >= 11 is 0. The molecule has 5 heteroatoms. The van der Waals surface area contributed by atoms with Crippen LogP contribution in [0.3, 0.4) is 0 Å². The van der Waals surface area contributed by atoms with Crippen molar-refractivity contribution in [3.05, 3.63) is 60.7 Å². The third-order valence-corrected chi connectivity index (χ3v) is 3.91. The summed E-state index contributed by atoms with van der Waals surface area (Å²) in [5.41, 5.74) is 1.69. The van der Waals surface area contributed by atoms with Crippen molar-refractivity contribution in [3.63, 3.8) is 0 Å². The van der Waals surface area contributed by atoms with E-state index < -0.39 is 7.37 Å². The molecule has 2 aromatic carbocycles. The standard InChI is InChI=1S/C14H17N2O2P/c17-19(18,11-15-13-7-3-1-4-8-13)12-16-14-9-5-2-6-10-14/h1-10,15-16H,11-12H2,(H,17,18). The molecule has 4 nitrogen and oxygen atoms in total. The molecule has 2 aromatic rings. The molecule has 0 fully saturated rings. The minimum Gasteiger partial charge on any atom is -0.376 e. The van der Waals surface area contributed by atoms with E-state index in [0.29, 0.717) is 0 Å². The number of hydrogen-bond donors (Lipinski definition) is 3. The van der Waals surface area contributed by atoms with Crippen molar-refractivity contribution >= 4 is 18.7 Å². The monoisotopic (exact) mass is 276 g/mol. The quantitative estimate of drug-likeness (QED) is 0.708. The van der Waals surface area contributed by atoms with Crippen LogP contribution in [0, 0.1) is 0 Å². The lowest BCUT2D eigenvalue weighted by Crippen LogP contribution is -2.10. The Morgan fingerprint density at radius 1 is 0.789 bits per heavy atom. The van der Waals surface area contributed by atoms with Crippen molar-refractivity contribution < 1.29 is 9.46 Å². The van der Waals surface area contributed by atoms with E-state index in [4.69, 9.17) is 0 Å². The normalized spacial score (nSPS) is 11.0. The van der Waals surface area contributed by atoms with Crippen molar-refractivity contribution in [2.75, 3.05) is 23.2 Å². The van der Waals surface area contributed by atoms with E-state index in [0.717, 1.165) is 11.4 Å². The first-order valence-electron chi connectivity index (χ1n) is 6.04. The van der Waals surface area contributed by atoms with Gasteiger partial charge in [-0.25, -0.2) is 0 Å². The van der Waals surface area contributed by atoms with Gasteiger partial charge in [-0.3, -0.25) is 4.57 Å². The van der Waals surface area contributed by atoms with Crippen LogP contribution < -0.4 is 10.6 Å². The van der Waals surface area contributed by atoms with E-state index in [9.17, 15) is 9.46 Å². The van der Waals surface area contributed by atoms with Gasteiger partial charge in [-0.15, -0.1) is 0 Å². The lowest BCUT2D eigenvalue weighted by molar-refractivity contribution is 0.482. The SMILES string of the molecule is O=P(O)(CNc1ccccc1)CNc1ccccc1. The third-order valence-electron chi connectivity index (χ3n) is 2.61. The zero-order chi connectivity index (χ0) is 13.6. The van der Waals surface area contributed by atoms with Gasteiger partial charge in [0.1, 0.15) is 0 Å². The smallest absolute Gasteiger partial charge is 0.237 e. The maximum Gasteiger partial charge on any atom is 0.237 e. The van der Waals surface area contributed by atoms with Crippen molar-refractivity contribution in [3.8, 4) is 0 Å². The van der Waals surface area contributed by atoms with E-state index in [-0.39, 0.29) is 12.6 Å². The van der Waals surface area contributed by atoms with Crippen LogP contribution >= 0.6 is 7.37 Å². The largest absolute Gasteiger partial charge is 0.376 e. The Hall–Kier alpha value is -1.77. The van der Waals surface area contributed by atoms with Gasteiger partial charge in [-0.05, 0) is 24.3 Å². The number of benzene rings is 2. The molecule has 0 aliphatic heterocycles. The summed E-state index contributed by atoms with van der Waals surface area (Å²) in [5.74, 6) is 0. The molecule has 0 bridgehead atoms. The Labute approximate surface area is 112 Å². The molecule has 0 spiro atoms. The molecule has 0 radical (unpaired) electrons. The van der Waals surface area contributed by atoms with Gasteiger partial charge in [0, 0.05) is 11.4 Å². The van der Waals surface area contributed by atoms with Gasteiger partial charge in [0.2, 0.25) is 7.37 Å². The van der Waals surface area contributed by atoms with Crippen LogP contribution in [0.5, 0.6) is 0 Å². The first-order chi connectivity index (χ1) is 9.16. The van der Waals surface area contributed by atoms with Crippen LogP contribution in [0.1, 0.15) is 0 Å². The van der Waals surface area contributed by atoms with Gasteiger partial charge in [-0.2, -0.15) is 0 Å². The molecule has 0 aliphatic carbocycles. The molecule has 0 saturated heterocycles. The van der Waals surface area contributed by atoms with E-state index in [1.54, 1.807) is 0 Å². The molecule has 100 valence electrons. The maximum atomic E-state index is 12.0.